The molecule has 1 aromatic carbocycles. The molecule has 0 aliphatic carbocycles. The molecule has 0 bridgehead atoms. The van der Waals surface area contributed by atoms with Crippen molar-refractivity contribution in [3.05, 3.63) is 36.0 Å². The smallest absolute Gasteiger partial charge is 0.407 e. The Hall–Kier alpha value is -2.54. The van der Waals surface area contributed by atoms with Gasteiger partial charge in [0.2, 0.25) is 5.91 Å². The monoisotopic (exact) mass is 370 g/mol. The third kappa shape index (κ3) is 3.78. The Morgan fingerprint density at radius 3 is 2.67 bits per heavy atom. The zero-order chi connectivity index (χ0) is 18.8. The molecule has 2 fully saturated rings. The van der Waals surface area contributed by atoms with E-state index < -0.39 is 6.09 Å². The highest BCUT2D eigenvalue weighted by Crippen LogP contribution is 2.21. The van der Waals surface area contributed by atoms with Crippen molar-refractivity contribution < 1.29 is 14.7 Å². The van der Waals surface area contributed by atoms with Crippen LogP contribution in [0.3, 0.4) is 0 Å². The molecular formula is C20H26N4O3. The molecule has 1 aromatic heterocycles. The standard InChI is InChI=1S/C20H26N4O3/c25-19(11-15-12-21-18-6-2-1-5-17(15)18)24-10-9-23(20(26)27)14-16(24)13-22-7-3-4-8-22/h1-2,5-6,12,16,21H,3-4,7-11,13-14H2,(H,26,27). The summed E-state index contributed by atoms with van der Waals surface area (Å²) >= 11 is 0. The maximum absolute atomic E-state index is 13.1. The molecule has 2 aliphatic rings. The Morgan fingerprint density at radius 2 is 1.89 bits per heavy atom. The molecule has 2 aromatic rings. The van der Waals surface area contributed by atoms with Gasteiger partial charge in [0, 0.05) is 43.3 Å². The number of rotatable bonds is 4. The molecule has 1 atom stereocenters. The number of hydrogen-bond acceptors (Lipinski definition) is 3. The van der Waals surface area contributed by atoms with Crippen molar-refractivity contribution in [3.8, 4) is 0 Å². The van der Waals surface area contributed by atoms with Crippen LogP contribution in [-0.2, 0) is 11.2 Å². The number of carboxylic acid groups (broad SMARTS) is 1. The predicted molar refractivity (Wildman–Crippen MR) is 103 cm³/mol. The lowest BCUT2D eigenvalue weighted by atomic mass is 10.1. The molecule has 0 radical (unpaired) electrons. The second kappa shape index (κ2) is 7.60. The van der Waals surface area contributed by atoms with E-state index in [9.17, 15) is 14.7 Å². The van der Waals surface area contributed by atoms with Gasteiger partial charge in [0.25, 0.3) is 0 Å². The molecule has 2 aliphatic heterocycles. The first-order chi connectivity index (χ1) is 13.1. The van der Waals surface area contributed by atoms with E-state index in [4.69, 9.17) is 0 Å². The van der Waals surface area contributed by atoms with Gasteiger partial charge in [0.1, 0.15) is 0 Å². The second-order valence-corrected chi connectivity index (χ2v) is 7.51. The topological polar surface area (TPSA) is 79.9 Å². The lowest BCUT2D eigenvalue weighted by Gasteiger charge is -2.42. The van der Waals surface area contributed by atoms with Crippen LogP contribution in [0.5, 0.6) is 0 Å². The highest BCUT2D eigenvalue weighted by atomic mass is 16.4. The first-order valence-electron chi connectivity index (χ1n) is 9.66. The Balaban J connectivity index is 1.50. The molecule has 3 heterocycles. The molecule has 2 N–H and O–H groups in total. The zero-order valence-corrected chi connectivity index (χ0v) is 15.4. The average Bonchev–Trinajstić information content (AvgIpc) is 3.32. The van der Waals surface area contributed by atoms with Gasteiger partial charge in [0.15, 0.2) is 0 Å². The number of para-hydroxylation sites is 1. The molecule has 2 saturated heterocycles. The summed E-state index contributed by atoms with van der Waals surface area (Å²) in [7, 11) is 0. The molecule has 1 unspecified atom stereocenters. The summed E-state index contributed by atoms with van der Waals surface area (Å²) in [5.41, 5.74) is 2.03. The van der Waals surface area contributed by atoms with E-state index in [1.807, 2.05) is 35.4 Å². The van der Waals surface area contributed by atoms with Crippen molar-refractivity contribution in [3.63, 3.8) is 0 Å². The summed E-state index contributed by atoms with van der Waals surface area (Å²) < 4.78 is 0. The van der Waals surface area contributed by atoms with E-state index in [-0.39, 0.29) is 11.9 Å². The van der Waals surface area contributed by atoms with Crippen LogP contribution in [0.1, 0.15) is 18.4 Å². The van der Waals surface area contributed by atoms with E-state index in [0.717, 1.165) is 36.1 Å². The summed E-state index contributed by atoms with van der Waals surface area (Å²) in [4.78, 5) is 33.4. The number of likely N-dealkylation sites (tertiary alicyclic amines) is 1. The van der Waals surface area contributed by atoms with Crippen molar-refractivity contribution in [1.29, 1.82) is 0 Å². The highest BCUT2D eigenvalue weighted by molar-refractivity contribution is 5.89. The van der Waals surface area contributed by atoms with Gasteiger partial charge in [-0.1, -0.05) is 18.2 Å². The number of carbonyl (C=O) groups excluding carboxylic acids is 1. The number of piperazine rings is 1. The first-order valence-corrected chi connectivity index (χ1v) is 9.66. The zero-order valence-electron chi connectivity index (χ0n) is 15.4. The van der Waals surface area contributed by atoms with Crippen molar-refractivity contribution in [2.24, 2.45) is 0 Å². The molecule has 0 saturated carbocycles. The number of aromatic nitrogens is 1. The molecule has 4 rings (SSSR count). The van der Waals surface area contributed by atoms with Gasteiger partial charge >= 0.3 is 6.09 Å². The van der Waals surface area contributed by atoms with E-state index >= 15 is 0 Å². The van der Waals surface area contributed by atoms with Crippen LogP contribution >= 0.6 is 0 Å². The van der Waals surface area contributed by atoms with Crippen LogP contribution < -0.4 is 0 Å². The lowest BCUT2D eigenvalue weighted by Crippen LogP contribution is -2.59. The number of H-pyrrole nitrogens is 1. The fourth-order valence-electron chi connectivity index (χ4n) is 4.32. The van der Waals surface area contributed by atoms with E-state index in [2.05, 4.69) is 9.88 Å². The van der Waals surface area contributed by atoms with Crippen LogP contribution in [-0.4, -0.2) is 82.1 Å². The van der Waals surface area contributed by atoms with Crippen LogP contribution in [0.25, 0.3) is 10.9 Å². The Kier molecular flexibility index (Phi) is 5.03. The predicted octanol–water partition coefficient (Wildman–Crippen LogP) is 2.00. The normalized spacial score (nSPS) is 21.1. The number of hydrogen-bond donors (Lipinski definition) is 2. The quantitative estimate of drug-likeness (QED) is 0.863. The lowest BCUT2D eigenvalue weighted by molar-refractivity contribution is -0.135. The number of fused-ring (bicyclic) bond motifs is 1. The maximum Gasteiger partial charge on any atom is 0.407 e. The molecular weight excluding hydrogens is 344 g/mol. The summed E-state index contributed by atoms with van der Waals surface area (Å²) in [5, 5.41) is 10.4. The minimum absolute atomic E-state index is 0.0778. The van der Waals surface area contributed by atoms with Crippen LogP contribution in [0.2, 0.25) is 0 Å². The largest absolute Gasteiger partial charge is 0.465 e. The van der Waals surface area contributed by atoms with Crippen molar-refractivity contribution in [2.75, 3.05) is 39.3 Å². The Morgan fingerprint density at radius 1 is 1.11 bits per heavy atom. The van der Waals surface area contributed by atoms with Gasteiger partial charge in [-0.25, -0.2) is 4.79 Å². The number of carbonyl (C=O) groups is 2. The summed E-state index contributed by atoms with van der Waals surface area (Å²) in [6.07, 6.45) is 3.71. The van der Waals surface area contributed by atoms with Crippen molar-refractivity contribution in [1.82, 2.24) is 19.7 Å². The van der Waals surface area contributed by atoms with E-state index in [0.29, 0.717) is 26.1 Å². The fraction of sp³-hybridized carbons (Fsp3) is 0.500. The average molecular weight is 370 g/mol. The third-order valence-corrected chi connectivity index (χ3v) is 5.76. The van der Waals surface area contributed by atoms with Crippen molar-refractivity contribution >= 4 is 22.9 Å². The highest BCUT2D eigenvalue weighted by Gasteiger charge is 2.34. The van der Waals surface area contributed by atoms with Gasteiger partial charge in [0.05, 0.1) is 12.5 Å². The van der Waals surface area contributed by atoms with Gasteiger partial charge in [-0.05, 0) is 37.6 Å². The fourth-order valence-corrected chi connectivity index (χ4v) is 4.32. The molecule has 27 heavy (non-hydrogen) atoms. The van der Waals surface area contributed by atoms with Gasteiger partial charge in [-0.15, -0.1) is 0 Å². The summed E-state index contributed by atoms with van der Waals surface area (Å²) in [6, 6.07) is 7.91. The minimum atomic E-state index is -0.898. The molecule has 0 spiro atoms. The molecule has 7 heteroatoms. The van der Waals surface area contributed by atoms with Gasteiger partial charge in [-0.3, -0.25) is 4.79 Å². The van der Waals surface area contributed by atoms with Crippen LogP contribution in [0, 0.1) is 0 Å². The Bertz CT molecular complexity index is 827. The first kappa shape index (κ1) is 17.9. The molecule has 2 amide bonds. The number of nitrogens with zero attached hydrogens (tertiary/aromatic N) is 3. The number of benzene rings is 1. The van der Waals surface area contributed by atoms with E-state index in [1.54, 1.807) is 0 Å². The van der Waals surface area contributed by atoms with Crippen LogP contribution in [0.15, 0.2) is 30.5 Å². The van der Waals surface area contributed by atoms with E-state index in [1.165, 1.54) is 17.7 Å². The SMILES string of the molecule is O=C(O)N1CCN(C(=O)Cc2c[nH]c3ccccc23)C(CN2CCCC2)C1. The minimum Gasteiger partial charge on any atom is -0.465 e. The van der Waals surface area contributed by atoms with Gasteiger partial charge < -0.3 is 24.8 Å². The maximum atomic E-state index is 13.1. The second-order valence-electron chi connectivity index (χ2n) is 7.51. The van der Waals surface area contributed by atoms with Crippen LogP contribution in [0.4, 0.5) is 4.79 Å². The van der Waals surface area contributed by atoms with Crippen molar-refractivity contribution in [2.45, 2.75) is 25.3 Å². The summed E-state index contributed by atoms with van der Waals surface area (Å²) in [5.74, 6) is 0.0778. The Labute approximate surface area is 158 Å². The molecule has 144 valence electrons. The number of aromatic amines is 1. The third-order valence-electron chi connectivity index (χ3n) is 5.76. The van der Waals surface area contributed by atoms with Gasteiger partial charge in [-0.2, -0.15) is 0 Å². The molecule has 7 nitrogen and oxygen atoms in total. The number of amides is 2. The summed E-state index contributed by atoms with van der Waals surface area (Å²) in [6.45, 7) is 4.06. The number of nitrogens with one attached hydrogen (secondary N) is 1.